The van der Waals surface area contributed by atoms with E-state index in [0.717, 1.165) is 6.07 Å². The fraction of sp³-hybridized carbons (Fsp3) is 0.462. The van der Waals surface area contributed by atoms with Gasteiger partial charge >= 0.3 is 0 Å². The zero-order chi connectivity index (χ0) is 13.7. The summed E-state index contributed by atoms with van der Waals surface area (Å²) in [5.74, 6) is -1.36. The normalized spacial score (nSPS) is 12.3. The predicted octanol–water partition coefficient (Wildman–Crippen LogP) is 2.05. The van der Waals surface area contributed by atoms with Crippen LogP contribution >= 0.6 is 0 Å². The highest BCUT2D eigenvalue weighted by molar-refractivity contribution is 5.75. The summed E-state index contributed by atoms with van der Waals surface area (Å²) < 4.78 is 26.1. The van der Waals surface area contributed by atoms with Gasteiger partial charge in [0.2, 0.25) is 5.91 Å². The Morgan fingerprint density at radius 1 is 1.44 bits per heavy atom. The third-order valence-electron chi connectivity index (χ3n) is 2.66. The minimum Gasteiger partial charge on any atom is -0.341 e. The molecule has 0 fully saturated rings. The van der Waals surface area contributed by atoms with Gasteiger partial charge in [-0.1, -0.05) is 6.07 Å². The maximum absolute atomic E-state index is 13.4. The van der Waals surface area contributed by atoms with Gasteiger partial charge < -0.3 is 10.6 Å². The molecule has 0 spiro atoms. The SMILES string of the molecule is CC(N)CCC(=O)N(C)Cc1ccc(F)cc1F. The number of nitrogens with two attached hydrogens (primary N) is 1. The Labute approximate surface area is 106 Å². The molecule has 5 heteroatoms. The number of hydrogen-bond donors (Lipinski definition) is 1. The molecule has 0 aromatic heterocycles. The number of halogens is 2. The van der Waals surface area contributed by atoms with Crippen LogP contribution in [0.3, 0.4) is 0 Å². The molecule has 1 aromatic rings. The van der Waals surface area contributed by atoms with Crippen molar-refractivity contribution >= 4 is 5.91 Å². The summed E-state index contributed by atoms with van der Waals surface area (Å²) in [5, 5.41) is 0. The molecule has 1 unspecified atom stereocenters. The topological polar surface area (TPSA) is 46.3 Å². The van der Waals surface area contributed by atoms with E-state index in [1.807, 2.05) is 6.92 Å². The van der Waals surface area contributed by atoms with Crippen LogP contribution in [0.2, 0.25) is 0 Å². The first kappa shape index (κ1) is 14.6. The van der Waals surface area contributed by atoms with Crippen molar-refractivity contribution in [3.8, 4) is 0 Å². The number of benzene rings is 1. The van der Waals surface area contributed by atoms with Crippen molar-refractivity contribution in [3.63, 3.8) is 0 Å². The molecule has 0 saturated carbocycles. The van der Waals surface area contributed by atoms with Crippen molar-refractivity contribution in [3.05, 3.63) is 35.4 Å². The van der Waals surface area contributed by atoms with E-state index in [-0.39, 0.29) is 18.5 Å². The molecule has 1 amide bonds. The minimum atomic E-state index is -0.637. The summed E-state index contributed by atoms with van der Waals surface area (Å²) in [5.41, 5.74) is 5.86. The van der Waals surface area contributed by atoms with Crippen molar-refractivity contribution < 1.29 is 13.6 Å². The van der Waals surface area contributed by atoms with Gasteiger partial charge in [-0.05, 0) is 19.4 Å². The molecule has 2 N–H and O–H groups in total. The highest BCUT2D eigenvalue weighted by Gasteiger charge is 2.12. The smallest absolute Gasteiger partial charge is 0.222 e. The van der Waals surface area contributed by atoms with Gasteiger partial charge in [-0.2, -0.15) is 0 Å². The molecule has 0 bridgehead atoms. The summed E-state index contributed by atoms with van der Waals surface area (Å²) in [4.78, 5) is 13.1. The fourth-order valence-electron chi connectivity index (χ4n) is 1.54. The molecule has 1 rings (SSSR count). The Morgan fingerprint density at radius 2 is 2.11 bits per heavy atom. The Bertz CT molecular complexity index is 421. The predicted molar refractivity (Wildman–Crippen MR) is 65.7 cm³/mol. The summed E-state index contributed by atoms with van der Waals surface area (Å²) in [6, 6.07) is 3.30. The Morgan fingerprint density at radius 3 is 2.67 bits per heavy atom. The van der Waals surface area contributed by atoms with Crippen LogP contribution in [0.15, 0.2) is 18.2 Å². The van der Waals surface area contributed by atoms with Crippen LogP contribution in [-0.2, 0) is 11.3 Å². The molecule has 3 nitrogen and oxygen atoms in total. The molecule has 18 heavy (non-hydrogen) atoms. The summed E-state index contributed by atoms with van der Waals surface area (Å²) in [7, 11) is 1.59. The van der Waals surface area contributed by atoms with Crippen LogP contribution in [0, 0.1) is 11.6 Å². The highest BCUT2D eigenvalue weighted by Crippen LogP contribution is 2.12. The lowest BCUT2D eigenvalue weighted by molar-refractivity contribution is -0.130. The van der Waals surface area contributed by atoms with E-state index in [0.29, 0.717) is 18.4 Å². The Hall–Kier alpha value is -1.49. The number of nitrogens with zero attached hydrogens (tertiary/aromatic N) is 1. The lowest BCUT2D eigenvalue weighted by Gasteiger charge is -2.18. The first-order chi connectivity index (χ1) is 8.40. The van der Waals surface area contributed by atoms with E-state index >= 15 is 0 Å². The molecule has 1 atom stereocenters. The maximum Gasteiger partial charge on any atom is 0.222 e. The Kier molecular flexibility index (Phi) is 5.22. The second kappa shape index (κ2) is 6.44. The molecule has 0 heterocycles. The Balaban J connectivity index is 2.58. The van der Waals surface area contributed by atoms with Crippen LogP contribution < -0.4 is 5.73 Å². The van der Waals surface area contributed by atoms with Gasteiger partial charge in [-0.3, -0.25) is 4.79 Å². The minimum absolute atomic E-state index is 0.0371. The van der Waals surface area contributed by atoms with Crippen molar-refractivity contribution in [1.82, 2.24) is 4.90 Å². The van der Waals surface area contributed by atoms with Crippen LogP contribution in [0.5, 0.6) is 0 Å². The van der Waals surface area contributed by atoms with Crippen LogP contribution in [0.25, 0.3) is 0 Å². The molecule has 0 saturated heterocycles. The molecule has 0 aliphatic heterocycles. The third kappa shape index (κ3) is 4.41. The van der Waals surface area contributed by atoms with E-state index in [2.05, 4.69) is 0 Å². The molecule has 0 aliphatic carbocycles. The molecule has 0 radical (unpaired) electrons. The van der Waals surface area contributed by atoms with Crippen molar-refractivity contribution in [2.75, 3.05) is 7.05 Å². The third-order valence-corrected chi connectivity index (χ3v) is 2.66. The van der Waals surface area contributed by atoms with Gasteiger partial charge in [0.25, 0.3) is 0 Å². The fourth-order valence-corrected chi connectivity index (χ4v) is 1.54. The maximum atomic E-state index is 13.4. The van der Waals surface area contributed by atoms with E-state index < -0.39 is 11.6 Å². The van der Waals surface area contributed by atoms with Gasteiger partial charge in [0.1, 0.15) is 11.6 Å². The van der Waals surface area contributed by atoms with Crippen LogP contribution in [0.1, 0.15) is 25.3 Å². The summed E-state index contributed by atoms with van der Waals surface area (Å²) in [6.45, 7) is 1.96. The number of rotatable bonds is 5. The van der Waals surface area contributed by atoms with Gasteiger partial charge in [0.15, 0.2) is 0 Å². The van der Waals surface area contributed by atoms with Crippen LogP contribution in [0.4, 0.5) is 8.78 Å². The summed E-state index contributed by atoms with van der Waals surface area (Å²) >= 11 is 0. The summed E-state index contributed by atoms with van der Waals surface area (Å²) in [6.07, 6.45) is 0.923. The van der Waals surface area contributed by atoms with E-state index in [4.69, 9.17) is 5.73 Å². The monoisotopic (exact) mass is 256 g/mol. The lowest BCUT2D eigenvalue weighted by atomic mass is 10.1. The highest BCUT2D eigenvalue weighted by atomic mass is 19.1. The lowest BCUT2D eigenvalue weighted by Crippen LogP contribution is -2.28. The van der Waals surface area contributed by atoms with Gasteiger partial charge in [0.05, 0.1) is 0 Å². The van der Waals surface area contributed by atoms with Crippen molar-refractivity contribution in [2.45, 2.75) is 32.4 Å². The second-order valence-corrected chi connectivity index (χ2v) is 4.50. The average molecular weight is 256 g/mol. The van der Waals surface area contributed by atoms with Gasteiger partial charge in [-0.15, -0.1) is 0 Å². The molecular weight excluding hydrogens is 238 g/mol. The first-order valence-corrected chi connectivity index (χ1v) is 5.83. The van der Waals surface area contributed by atoms with E-state index in [9.17, 15) is 13.6 Å². The molecule has 1 aromatic carbocycles. The quantitative estimate of drug-likeness (QED) is 0.876. The van der Waals surface area contributed by atoms with Crippen molar-refractivity contribution in [2.24, 2.45) is 5.73 Å². The number of carbonyl (C=O) groups is 1. The molecule has 0 aliphatic rings. The molecular formula is C13H18F2N2O. The van der Waals surface area contributed by atoms with Crippen molar-refractivity contribution in [1.29, 1.82) is 0 Å². The average Bonchev–Trinajstić information content (AvgIpc) is 2.29. The van der Waals surface area contributed by atoms with E-state index in [1.165, 1.54) is 17.0 Å². The number of hydrogen-bond acceptors (Lipinski definition) is 2. The largest absolute Gasteiger partial charge is 0.341 e. The van der Waals surface area contributed by atoms with E-state index in [1.54, 1.807) is 7.05 Å². The second-order valence-electron chi connectivity index (χ2n) is 4.50. The standard InChI is InChI=1S/C13H18F2N2O/c1-9(16)3-6-13(18)17(2)8-10-4-5-11(14)7-12(10)15/h4-5,7,9H,3,6,8,16H2,1-2H3. The first-order valence-electron chi connectivity index (χ1n) is 5.83. The van der Waals surface area contributed by atoms with Gasteiger partial charge in [-0.25, -0.2) is 8.78 Å². The zero-order valence-corrected chi connectivity index (χ0v) is 10.6. The number of carbonyl (C=O) groups excluding carboxylic acids is 1. The van der Waals surface area contributed by atoms with Gasteiger partial charge in [0, 0.05) is 37.7 Å². The number of amides is 1. The van der Waals surface area contributed by atoms with Crippen LogP contribution in [-0.4, -0.2) is 23.9 Å². The molecule has 100 valence electrons. The zero-order valence-electron chi connectivity index (χ0n) is 10.6.